The first-order valence-electron chi connectivity index (χ1n) is 8.55. The molecule has 3 amide bonds. The van der Waals surface area contributed by atoms with Crippen LogP contribution in [0.15, 0.2) is 4.99 Å². The van der Waals surface area contributed by atoms with Crippen molar-refractivity contribution in [3.8, 4) is 0 Å². The van der Waals surface area contributed by atoms with Gasteiger partial charge in [-0.15, -0.1) is 0 Å². The minimum atomic E-state index is -1.23. The lowest BCUT2D eigenvalue weighted by Gasteiger charge is -2.23. The summed E-state index contributed by atoms with van der Waals surface area (Å²) in [6, 6.07) is -4.06. The van der Waals surface area contributed by atoms with Crippen molar-refractivity contribution in [3.05, 3.63) is 0 Å². The number of carboxylic acids is 1. The largest absolute Gasteiger partial charge is 0.480 e. The number of nitrogens with zero attached hydrogens (tertiary/aromatic N) is 1. The zero-order valence-corrected chi connectivity index (χ0v) is 16.7. The van der Waals surface area contributed by atoms with Gasteiger partial charge in [-0.05, 0) is 26.7 Å². The molecule has 13 heteroatoms. The molecule has 0 heterocycles. The summed E-state index contributed by atoms with van der Waals surface area (Å²) < 4.78 is 0. The summed E-state index contributed by atoms with van der Waals surface area (Å²) in [6.45, 7) is 2.96. The van der Waals surface area contributed by atoms with Crippen molar-refractivity contribution in [3.63, 3.8) is 0 Å². The molecule has 28 heavy (non-hydrogen) atoms. The van der Waals surface area contributed by atoms with Gasteiger partial charge in [0.05, 0.1) is 6.04 Å². The molecule has 0 saturated carbocycles. The van der Waals surface area contributed by atoms with Crippen LogP contribution in [-0.4, -0.2) is 71.2 Å². The van der Waals surface area contributed by atoms with Crippen molar-refractivity contribution < 1.29 is 24.3 Å². The Labute approximate surface area is 168 Å². The lowest BCUT2D eigenvalue weighted by Crippen LogP contribution is -2.57. The predicted octanol–water partition coefficient (Wildman–Crippen LogP) is -3.12. The number of amides is 3. The summed E-state index contributed by atoms with van der Waals surface area (Å²) in [4.78, 5) is 51.2. The highest BCUT2D eigenvalue weighted by molar-refractivity contribution is 7.80. The molecule has 12 nitrogen and oxygen atoms in total. The van der Waals surface area contributed by atoms with E-state index >= 15 is 0 Å². The summed E-state index contributed by atoms with van der Waals surface area (Å²) in [6.07, 6.45) is 0.483. The van der Waals surface area contributed by atoms with Crippen molar-refractivity contribution in [2.24, 2.45) is 22.2 Å². The van der Waals surface area contributed by atoms with E-state index < -0.39 is 47.9 Å². The van der Waals surface area contributed by atoms with Gasteiger partial charge in [-0.25, -0.2) is 0 Å². The second-order valence-electron chi connectivity index (χ2n) is 6.11. The van der Waals surface area contributed by atoms with Crippen LogP contribution in [0.3, 0.4) is 0 Å². The fourth-order valence-electron chi connectivity index (χ4n) is 1.92. The SMILES string of the molecule is CC(N)C(=O)NC(CS)C(=O)NC(CCCN=C(N)N)C(=O)NC(C)C(=O)O. The van der Waals surface area contributed by atoms with E-state index in [-0.39, 0.29) is 24.7 Å². The lowest BCUT2D eigenvalue weighted by atomic mass is 10.1. The molecule has 0 aliphatic rings. The van der Waals surface area contributed by atoms with Gasteiger partial charge in [-0.1, -0.05) is 0 Å². The molecule has 0 bridgehead atoms. The number of carbonyl (C=O) groups is 4. The molecule has 0 spiro atoms. The Morgan fingerprint density at radius 1 is 1.00 bits per heavy atom. The van der Waals surface area contributed by atoms with Crippen LogP contribution in [0.4, 0.5) is 0 Å². The quantitative estimate of drug-likeness (QED) is 0.0698. The molecule has 4 atom stereocenters. The molecular weight excluding hydrogens is 390 g/mol. The third kappa shape index (κ3) is 9.97. The normalized spacial score (nSPS) is 14.7. The smallest absolute Gasteiger partial charge is 0.325 e. The van der Waals surface area contributed by atoms with E-state index in [2.05, 4.69) is 33.6 Å². The van der Waals surface area contributed by atoms with Gasteiger partial charge in [-0.2, -0.15) is 12.6 Å². The average Bonchev–Trinajstić information content (AvgIpc) is 2.60. The minimum absolute atomic E-state index is 0.0296. The van der Waals surface area contributed by atoms with Gasteiger partial charge in [0.15, 0.2) is 5.96 Å². The first-order chi connectivity index (χ1) is 13.0. The van der Waals surface area contributed by atoms with Crippen LogP contribution in [0, 0.1) is 0 Å². The van der Waals surface area contributed by atoms with Crippen LogP contribution in [0.25, 0.3) is 0 Å². The standard InChI is InChI=1S/C15H29N7O5S/c1-7(16)11(23)22-10(6-28)13(25)21-9(4-3-5-19-15(17)18)12(24)20-8(2)14(26)27/h7-10,28H,3-6,16H2,1-2H3,(H,20,24)(H,21,25)(H,22,23)(H,26,27)(H4,17,18,19). The Balaban J connectivity index is 5.12. The van der Waals surface area contributed by atoms with Gasteiger partial charge in [0, 0.05) is 12.3 Å². The Morgan fingerprint density at radius 2 is 1.54 bits per heavy atom. The van der Waals surface area contributed by atoms with E-state index in [0.717, 1.165) is 0 Å². The third-order valence-electron chi connectivity index (χ3n) is 3.54. The molecule has 0 aliphatic heterocycles. The number of hydrogen-bond acceptors (Lipinski definition) is 7. The highest BCUT2D eigenvalue weighted by Crippen LogP contribution is 2.02. The van der Waals surface area contributed by atoms with Gasteiger partial charge in [-0.3, -0.25) is 24.2 Å². The number of aliphatic imine (C=N–C) groups is 1. The predicted molar refractivity (Wildman–Crippen MR) is 107 cm³/mol. The number of thiol groups is 1. The Morgan fingerprint density at radius 3 is 2.00 bits per heavy atom. The molecule has 0 saturated heterocycles. The topological polar surface area (TPSA) is 215 Å². The number of carbonyl (C=O) groups excluding carboxylic acids is 3. The Hall–Kier alpha value is -2.54. The zero-order chi connectivity index (χ0) is 21.9. The highest BCUT2D eigenvalue weighted by Gasteiger charge is 2.28. The van der Waals surface area contributed by atoms with E-state index in [0.29, 0.717) is 6.42 Å². The molecule has 0 radical (unpaired) electrons. The van der Waals surface area contributed by atoms with Crippen molar-refractivity contribution in [1.29, 1.82) is 0 Å². The number of hydrogen-bond donors (Lipinski definition) is 8. The molecule has 4 unspecified atom stereocenters. The zero-order valence-electron chi connectivity index (χ0n) is 15.8. The highest BCUT2D eigenvalue weighted by atomic mass is 32.1. The number of rotatable bonds is 12. The molecule has 0 aromatic rings. The fraction of sp³-hybridized carbons (Fsp3) is 0.667. The summed E-state index contributed by atoms with van der Waals surface area (Å²) >= 11 is 4.02. The number of carboxylic acid groups (broad SMARTS) is 1. The van der Waals surface area contributed by atoms with Crippen LogP contribution >= 0.6 is 12.6 Å². The van der Waals surface area contributed by atoms with Crippen LogP contribution < -0.4 is 33.2 Å². The molecule has 0 aliphatic carbocycles. The van der Waals surface area contributed by atoms with Crippen molar-refractivity contribution in [2.75, 3.05) is 12.3 Å². The number of aliphatic carboxylic acids is 1. The Kier molecular flexibility index (Phi) is 11.6. The van der Waals surface area contributed by atoms with Crippen LogP contribution in [0.1, 0.15) is 26.7 Å². The van der Waals surface area contributed by atoms with Gasteiger partial charge in [0.1, 0.15) is 18.1 Å². The van der Waals surface area contributed by atoms with Crippen LogP contribution in [0.5, 0.6) is 0 Å². The molecule has 0 rings (SSSR count). The monoisotopic (exact) mass is 419 g/mol. The average molecular weight is 420 g/mol. The summed E-state index contributed by atoms with van der Waals surface area (Å²) in [5.74, 6) is -3.27. The summed E-state index contributed by atoms with van der Waals surface area (Å²) in [5, 5.41) is 16.1. The molecule has 0 aromatic carbocycles. The summed E-state index contributed by atoms with van der Waals surface area (Å²) in [7, 11) is 0. The van der Waals surface area contributed by atoms with Gasteiger partial charge in [0.2, 0.25) is 17.7 Å². The summed E-state index contributed by atoms with van der Waals surface area (Å²) in [5.41, 5.74) is 15.9. The number of nitrogens with two attached hydrogens (primary N) is 3. The van der Waals surface area contributed by atoms with Crippen molar-refractivity contribution >= 4 is 42.3 Å². The minimum Gasteiger partial charge on any atom is -0.480 e. The first-order valence-corrected chi connectivity index (χ1v) is 9.18. The van der Waals surface area contributed by atoms with Gasteiger partial charge in [0.25, 0.3) is 0 Å². The van der Waals surface area contributed by atoms with E-state index in [1.165, 1.54) is 13.8 Å². The van der Waals surface area contributed by atoms with E-state index in [1.54, 1.807) is 0 Å². The molecule has 0 aromatic heterocycles. The number of nitrogens with one attached hydrogen (secondary N) is 3. The van der Waals surface area contributed by atoms with Crippen LogP contribution in [-0.2, 0) is 19.2 Å². The van der Waals surface area contributed by atoms with E-state index in [1.807, 2.05) is 0 Å². The fourth-order valence-corrected chi connectivity index (χ4v) is 2.17. The first kappa shape index (κ1) is 25.5. The second-order valence-corrected chi connectivity index (χ2v) is 6.48. The van der Waals surface area contributed by atoms with Crippen molar-refractivity contribution in [2.45, 2.75) is 50.9 Å². The van der Waals surface area contributed by atoms with Gasteiger partial charge >= 0.3 is 5.97 Å². The molecule has 160 valence electrons. The molecule has 0 fully saturated rings. The maximum absolute atomic E-state index is 12.4. The van der Waals surface area contributed by atoms with Crippen LogP contribution in [0.2, 0.25) is 0 Å². The lowest BCUT2D eigenvalue weighted by molar-refractivity contribution is -0.141. The number of guanidine groups is 1. The van der Waals surface area contributed by atoms with Gasteiger partial charge < -0.3 is 38.3 Å². The Bertz CT molecular complexity index is 595. The molecular formula is C15H29N7O5S. The van der Waals surface area contributed by atoms with Crippen molar-refractivity contribution in [1.82, 2.24) is 16.0 Å². The maximum atomic E-state index is 12.4. The van der Waals surface area contributed by atoms with E-state index in [9.17, 15) is 19.2 Å². The molecule has 10 N–H and O–H groups in total. The van der Waals surface area contributed by atoms with E-state index in [4.69, 9.17) is 22.3 Å². The second kappa shape index (κ2) is 12.8. The maximum Gasteiger partial charge on any atom is 0.325 e. The third-order valence-corrected chi connectivity index (χ3v) is 3.90.